The van der Waals surface area contributed by atoms with Gasteiger partial charge in [0.25, 0.3) is 5.56 Å². The van der Waals surface area contributed by atoms with Crippen LogP contribution in [0, 0.1) is 0 Å². The molecule has 1 saturated heterocycles. The van der Waals surface area contributed by atoms with Crippen molar-refractivity contribution in [2.45, 2.75) is 25.7 Å². The van der Waals surface area contributed by atoms with Crippen molar-refractivity contribution in [1.82, 2.24) is 4.73 Å². The number of hydrogen-bond acceptors (Lipinski definition) is 3. The molecule has 5 nitrogen and oxygen atoms in total. The highest BCUT2D eigenvalue weighted by molar-refractivity contribution is 6.69. The van der Waals surface area contributed by atoms with Gasteiger partial charge in [-0.3, -0.25) is 9.79 Å². The Morgan fingerprint density at radius 1 is 1.41 bits per heavy atom. The zero-order valence-corrected chi connectivity index (χ0v) is 14.2. The summed E-state index contributed by atoms with van der Waals surface area (Å²) < 4.78 is 2.37. The quantitative estimate of drug-likeness (QED) is 0.455. The molecule has 0 aliphatic carbocycles. The third-order valence-corrected chi connectivity index (χ3v) is 4.67. The van der Waals surface area contributed by atoms with Gasteiger partial charge in [-0.2, -0.15) is 4.73 Å². The third kappa shape index (κ3) is 4.34. The molecule has 1 aliphatic rings. The largest absolute Gasteiger partial charge is 0.411 e. The van der Waals surface area contributed by atoms with Crippen LogP contribution in [-0.2, 0) is 0 Å². The maximum atomic E-state index is 12.2. The molecule has 0 radical (unpaired) electrons. The van der Waals surface area contributed by atoms with Crippen LogP contribution in [0.4, 0.5) is 0 Å². The molecular weight excluding hydrogens is 302 g/mol. The van der Waals surface area contributed by atoms with Crippen LogP contribution in [0.25, 0.3) is 0 Å². The van der Waals surface area contributed by atoms with Gasteiger partial charge in [-0.05, 0) is 31.4 Å². The Kier molecular flexibility index (Phi) is 6.03. The Labute approximate surface area is 136 Å². The second-order valence-electron chi connectivity index (χ2n) is 6.10. The molecule has 22 heavy (non-hydrogen) atoms. The smallest absolute Gasteiger partial charge is 0.293 e. The molecule has 0 N–H and O–H groups in total. The van der Waals surface area contributed by atoms with Crippen molar-refractivity contribution in [3.63, 3.8) is 0 Å². The zero-order valence-electron chi connectivity index (χ0n) is 13.4. The maximum absolute atomic E-state index is 12.2. The second-order valence-corrected chi connectivity index (χ2v) is 6.46. The van der Waals surface area contributed by atoms with Crippen LogP contribution in [0.2, 0.25) is 0 Å². The molecule has 1 aromatic heterocycles. The predicted octanol–water partition coefficient (Wildman–Crippen LogP) is 1.91. The van der Waals surface area contributed by atoms with Crippen molar-refractivity contribution in [3.05, 3.63) is 34.2 Å². The van der Waals surface area contributed by atoms with E-state index in [-0.39, 0.29) is 10.7 Å². The summed E-state index contributed by atoms with van der Waals surface area (Å²) in [5.74, 6) is 0. The fourth-order valence-corrected chi connectivity index (χ4v) is 3.11. The summed E-state index contributed by atoms with van der Waals surface area (Å²) in [6.45, 7) is 4.11. The van der Waals surface area contributed by atoms with Crippen LogP contribution in [0.1, 0.15) is 31.2 Å². The van der Waals surface area contributed by atoms with Crippen molar-refractivity contribution in [3.8, 4) is 0 Å². The molecule has 0 atom stereocenters. The summed E-state index contributed by atoms with van der Waals surface area (Å²) >= 11 is 5.93. The Balaban J connectivity index is 1.88. The van der Waals surface area contributed by atoms with Crippen molar-refractivity contribution < 1.29 is 9.32 Å². The van der Waals surface area contributed by atoms with Gasteiger partial charge in [0.15, 0.2) is 0 Å². The number of halogens is 1. The molecular formula is C16H25ClN3O2+. The zero-order chi connectivity index (χ0) is 16.0. The van der Waals surface area contributed by atoms with E-state index in [1.165, 1.54) is 37.1 Å². The van der Waals surface area contributed by atoms with E-state index >= 15 is 0 Å². The normalized spacial score (nSPS) is 18.2. The number of aliphatic imine (C=N–C) groups is 1. The highest BCUT2D eigenvalue weighted by atomic mass is 35.5. The van der Waals surface area contributed by atoms with Crippen molar-refractivity contribution in [2.24, 2.45) is 4.99 Å². The molecule has 122 valence electrons. The van der Waals surface area contributed by atoms with E-state index in [0.717, 1.165) is 17.4 Å². The van der Waals surface area contributed by atoms with Gasteiger partial charge < -0.3 is 9.32 Å². The van der Waals surface area contributed by atoms with Gasteiger partial charge in [0.2, 0.25) is 0 Å². The van der Waals surface area contributed by atoms with Crippen LogP contribution in [0.15, 0.2) is 28.1 Å². The van der Waals surface area contributed by atoms with Gasteiger partial charge in [-0.1, -0.05) is 11.6 Å². The van der Waals surface area contributed by atoms with E-state index in [1.807, 2.05) is 0 Å². The summed E-state index contributed by atoms with van der Waals surface area (Å²) in [5.41, 5.74) is 0.0955. The van der Waals surface area contributed by atoms with E-state index in [4.69, 9.17) is 16.4 Å². The van der Waals surface area contributed by atoms with Crippen LogP contribution in [-0.4, -0.2) is 54.7 Å². The lowest BCUT2D eigenvalue weighted by Crippen LogP contribution is -2.48. The Bertz CT molecular complexity index is 577. The summed E-state index contributed by atoms with van der Waals surface area (Å²) in [7, 11) is 3.87. The van der Waals surface area contributed by atoms with Gasteiger partial charge in [0.1, 0.15) is 11.8 Å². The number of aromatic nitrogens is 1. The fraction of sp³-hybridized carbons (Fsp3) is 0.625. The molecule has 0 spiro atoms. The number of rotatable bonds is 6. The van der Waals surface area contributed by atoms with Gasteiger partial charge >= 0.3 is 0 Å². The van der Waals surface area contributed by atoms with Gasteiger partial charge in [0.05, 0.1) is 32.2 Å². The first-order valence-electron chi connectivity index (χ1n) is 7.87. The van der Waals surface area contributed by atoms with E-state index in [9.17, 15) is 4.79 Å². The Hall–Kier alpha value is -1.33. The number of likely N-dealkylation sites (tertiary alicyclic amines) is 1. The molecule has 1 aromatic rings. The molecule has 2 rings (SSSR count). The molecule has 1 aliphatic heterocycles. The lowest BCUT2D eigenvalue weighted by Gasteiger charge is -2.37. The number of nitrogens with zero attached hydrogens (tertiary/aromatic N) is 3. The number of pyridine rings is 1. The Morgan fingerprint density at radius 3 is 2.82 bits per heavy atom. The van der Waals surface area contributed by atoms with Crippen LogP contribution in [0.5, 0.6) is 0 Å². The van der Waals surface area contributed by atoms with E-state index in [0.29, 0.717) is 12.2 Å². The van der Waals surface area contributed by atoms with Gasteiger partial charge in [0, 0.05) is 19.7 Å². The molecule has 0 aromatic carbocycles. The monoisotopic (exact) mass is 326 g/mol. The summed E-state index contributed by atoms with van der Waals surface area (Å²) in [6.07, 6.45) is 6.53. The highest BCUT2D eigenvalue weighted by Gasteiger charge is 2.23. The SMILES string of the molecule is CN=C(Cl)c1cccn(OCCC[N+]2(C)CCCCC2)c1=O. The minimum Gasteiger partial charge on any atom is -0.411 e. The summed E-state index contributed by atoms with van der Waals surface area (Å²) in [4.78, 5) is 21.6. The third-order valence-electron chi connectivity index (χ3n) is 4.30. The van der Waals surface area contributed by atoms with E-state index < -0.39 is 0 Å². The van der Waals surface area contributed by atoms with Crippen molar-refractivity contribution >= 4 is 16.8 Å². The molecule has 0 saturated carbocycles. The van der Waals surface area contributed by atoms with Gasteiger partial charge in [-0.25, -0.2) is 0 Å². The first kappa shape index (κ1) is 17.0. The number of hydrogen-bond donors (Lipinski definition) is 0. The molecule has 0 bridgehead atoms. The van der Waals surface area contributed by atoms with E-state index in [1.54, 1.807) is 25.4 Å². The predicted molar refractivity (Wildman–Crippen MR) is 89.7 cm³/mol. The summed E-state index contributed by atoms with van der Waals surface area (Å²) in [6, 6.07) is 3.39. The van der Waals surface area contributed by atoms with E-state index in [2.05, 4.69) is 12.0 Å². The average Bonchev–Trinajstić information content (AvgIpc) is 2.53. The summed E-state index contributed by atoms with van der Waals surface area (Å²) in [5, 5.41) is 0.203. The lowest BCUT2D eigenvalue weighted by molar-refractivity contribution is -0.914. The maximum Gasteiger partial charge on any atom is 0.293 e. The van der Waals surface area contributed by atoms with Crippen molar-refractivity contribution in [2.75, 3.05) is 40.3 Å². The molecule has 6 heteroatoms. The van der Waals surface area contributed by atoms with Crippen LogP contribution in [0.3, 0.4) is 0 Å². The molecule has 2 heterocycles. The van der Waals surface area contributed by atoms with Gasteiger partial charge in [-0.15, -0.1) is 0 Å². The first-order chi connectivity index (χ1) is 10.6. The Morgan fingerprint density at radius 2 is 2.14 bits per heavy atom. The minimum atomic E-state index is -0.267. The highest BCUT2D eigenvalue weighted by Crippen LogP contribution is 2.16. The standard InChI is InChI=1S/C16H25ClN3O2/c1-18-15(17)14-8-6-9-19(16(14)21)22-13-7-12-20(2)10-4-3-5-11-20/h6,8-9H,3-5,7,10-13H2,1-2H3/q+1. The average molecular weight is 327 g/mol. The second kappa shape index (κ2) is 7.79. The van der Waals surface area contributed by atoms with Crippen LogP contribution >= 0.6 is 11.6 Å². The molecule has 0 unspecified atom stereocenters. The molecule has 0 amide bonds. The van der Waals surface area contributed by atoms with Crippen molar-refractivity contribution in [1.29, 1.82) is 0 Å². The van der Waals surface area contributed by atoms with Crippen LogP contribution < -0.4 is 10.4 Å². The fourth-order valence-electron chi connectivity index (χ4n) is 2.96. The first-order valence-corrected chi connectivity index (χ1v) is 8.25. The molecule has 1 fully saturated rings. The minimum absolute atomic E-state index is 0.203. The number of quaternary nitrogens is 1. The number of piperidine rings is 1. The topological polar surface area (TPSA) is 43.6 Å². The lowest BCUT2D eigenvalue weighted by atomic mass is 10.1.